The maximum Gasteiger partial charge on any atom is 0.220 e. The number of pyridine rings is 2. The molecule has 3 unspecified atom stereocenters. The molecule has 10 rings (SSSR count). The van der Waals surface area contributed by atoms with Crippen molar-refractivity contribution in [2.75, 3.05) is 39.9 Å². The Morgan fingerprint density at radius 2 is 1.27 bits per heavy atom. The molecule has 2 fully saturated rings. The van der Waals surface area contributed by atoms with Gasteiger partial charge in [0.15, 0.2) is 5.49 Å². The Bertz CT molecular complexity index is 3390. The van der Waals surface area contributed by atoms with Gasteiger partial charge in [0.25, 0.3) is 0 Å². The predicted octanol–water partition coefficient (Wildman–Crippen LogP) is 7.25. The van der Waals surface area contributed by atoms with E-state index in [2.05, 4.69) is 25.8 Å². The highest BCUT2D eigenvalue weighted by Gasteiger charge is 2.32. The number of rotatable bonds is 13. The summed E-state index contributed by atoms with van der Waals surface area (Å²) in [4.78, 5) is 49.9. The fourth-order valence-electron chi connectivity index (χ4n) is 8.75. The zero-order valence-corrected chi connectivity index (χ0v) is 46.0. The second-order valence-corrected chi connectivity index (χ2v) is 18.6. The normalized spacial score (nSPS) is 16.6. The maximum absolute atomic E-state index is 11.9. The molecule has 398 valence electrons. The molecule has 0 radical (unpaired) electrons. The maximum atomic E-state index is 11.9. The van der Waals surface area contributed by atoms with Gasteiger partial charge >= 0.3 is 0 Å². The Kier molecular flexibility index (Phi) is 19.4. The average Bonchev–Trinajstić information content (AvgIpc) is 4.22. The number of halogens is 4. The Labute approximate surface area is 466 Å². The van der Waals surface area contributed by atoms with Crippen molar-refractivity contribution in [3.05, 3.63) is 104 Å². The first-order valence-corrected chi connectivity index (χ1v) is 24.3. The molecule has 8 heterocycles. The largest absolute Gasteiger partial charge is 0.495 e. The van der Waals surface area contributed by atoms with Gasteiger partial charge in [0.05, 0.1) is 64.1 Å². The Morgan fingerprint density at radius 3 is 1.80 bits per heavy atom. The number of nitrogens with zero attached hydrogens (tertiary/aromatic N) is 11. The molecule has 0 saturated carbocycles. The van der Waals surface area contributed by atoms with Gasteiger partial charge in [-0.2, -0.15) is 37.2 Å². The molecule has 2 N–H and O–H groups in total. The molecule has 75 heavy (non-hydrogen) atoms. The first-order valence-electron chi connectivity index (χ1n) is 22.7. The van der Waals surface area contributed by atoms with Gasteiger partial charge in [0.2, 0.25) is 11.8 Å². The van der Waals surface area contributed by atoms with Crippen molar-refractivity contribution in [3.63, 3.8) is 0 Å². The average molecular weight is 1140 g/mol. The molecule has 2 amide bonds. The van der Waals surface area contributed by atoms with Crippen molar-refractivity contribution in [3.8, 4) is 45.5 Å². The van der Waals surface area contributed by atoms with Gasteiger partial charge in [-0.15, -0.1) is 0 Å². The number of anilines is 1. The van der Waals surface area contributed by atoms with Crippen LogP contribution in [0.15, 0.2) is 77.4 Å². The third-order valence-corrected chi connectivity index (χ3v) is 13.9. The number of carbonyl (C=O) groups excluding carboxylic acids is 2. The fraction of sp³-hybridized carbons (Fsp3) is 0.340. The number of carbonyl (C=O) groups is 2. The van der Waals surface area contributed by atoms with Crippen LogP contribution in [0.5, 0.6) is 23.0 Å². The standard InChI is InChI=1S/C25H24Cl2N6O3.C24H25Cl2N7O3.CH4.2H2S/c1-32-12-15(11-28-32)17-7-4-14-5-8-20(33(25(14)30-17)13-16-6-9-21(34)29-16)31-24-22(26)18(35-2)10-19(36-3)23(24)27;1-32-11-13(9-28-32)16-10-27-15-5-6-19(31-24(15)30-16)33(12-14-4-7-20(34)29-14)23-21(25)17(35-2)8-18(36-3)22(23)26;;;/h4-5,7-8,10-12,16H,6,9,13H2,1-3H3,(H,29,34);5,8-11,14,19H,4,6-7,12H2,1-3H3,(H,29,34);1H4;2*1H2. The predicted molar refractivity (Wildman–Crippen MR) is 301 cm³/mol. The Balaban J connectivity index is 0.000000234. The molecule has 3 aliphatic rings. The number of hydrogen-bond acceptors (Lipinski definition) is 14. The minimum Gasteiger partial charge on any atom is -0.495 e. The van der Waals surface area contributed by atoms with Gasteiger partial charge in [-0.25, -0.2) is 20.0 Å². The molecule has 3 aliphatic heterocycles. The molecule has 7 aromatic rings. The molecule has 0 bridgehead atoms. The number of benzene rings is 2. The van der Waals surface area contributed by atoms with Crippen molar-refractivity contribution >= 4 is 114 Å². The topological polar surface area (TPSA) is 202 Å². The SMILES string of the molecule is C.COc1cc(OC)c(Cl)c(N(CC2CCC(=O)N2)C2CC=c3ncc(-c4cnn(C)c4)nc3=N2)c1Cl.COc1cc(OC)c(Cl)c(N=c2ccc3ccc(-c4cnn(C)c4)nc3n2CC2CCC(=O)N2)c1Cl.S.S. The molecule has 0 spiro atoms. The minimum absolute atomic E-state index is 0. The first kappa shape index (κ1) is 58.0. The number of amides is 2. The van der Waals surface area contributed by atoms with Crippen LogP contribution in [0.2, 0.25) is 20.1 Å². The smallest absolute Gasteiger partial charge is 0.220 e. The van der Waals surface area contributed by atoms with Gasteiger partial charge in [-0.3, -0.25) is 23.9 Å². The lowest BCUT2D eigenvalue weighted by Crippen LogP contribution is -2.47. The highest BCUT2D eigenvalue weighted by molar-refractivity contribution is 7.59. The van der Waals surface area contributed by atoms with E-state index in [1.165, 1.54) is 28.4 Å². The minimum atomic E-state index is -0.403. The number of methoxy groups -OCH3 is 4. The molecule has 0 aliphatic carbocycles. The molecule has 25 heteroatoms. The third-order valence-electron chi connectivity index (χ3n) is 12.4. The van der Waals surface area contributed by atoms with Crippen LogP contribution in [-0.4, -0.2) is 104 Å². The highest BCUT2D eigenvalue weighted by atomic mass is 35.5. The molecule has 19 nitrogen and oxygen atoms in total. The zero-order chi connectivity index (χ0) is 50.8. The molecule has 2 aromatic carbocycles. The van der Waals surface area contributed by atoms with E-state index in [1.807, 2.05) is 66.3 Å². The lowest BCUT2D eigenvalue weighted by Gasteiger charge is -2.35. The zero-order valence-electron chi connectivity index (χ0n) is 41.0. The van der Waals surface area contributed by atoms with Crippen LogP contribution in [0.3, 0.4) is 0 Å². The van der Waals surface area contributed by atoms with Gasteiger partial charge in [0, 0.05) is 99.6 Å². The van der Waals surface area contributed by atoms with Gasteiger partial charge in [-0.1, -0.05) is 59.9 Å². The Morgan fingerprint density at radius 1 is 0.720 bits per heavy atom. The molecule has 2 saturated heterocycles. The van der Waals surface area contributed by atoms with Gasteiger partial charge in [0.1, 0.15) is 71.4 Å². The van der Waals surface area contributed by atoms with Crippen LogP contribution in [0.1, 0.15) is 39.5 Å². The number of aromatic nitrogens is 8. The summed E-state index contributed by atoms with van der Waals surface area (Å²) in [6.07, 6.45) is 13.5. The van der Waals surface area contributed by atoms with Crippen LogP contribution in [0.4, 0.5) is 11.4 Å². The molecule has 3 atom stereocenters. The van der Waals surface area contributed by atoms with Gasteiger partial charge < -0.3 is 39.0 Å². The van der Waals surface area contributed by atoms with E-state index in [0.29, 0.717) is 111 Å². The lowest BCUT2D eigenvalue weighted by atomic mass is 10.1. The summed E-state index contributed by atoms with van der Waals surface area (Å²) < 4.78 is 27.2. The van der Waals surface area contributed by atoms with E-state index >= 15 is 0 Å². The van der Waals surface area contributed by atoms with E-state index < -0.39 is 6.17 Å². The van der Waals surface area contributed by atoms with E-state index in [-0.39, 0.29) is 68.4 Å². The summed E-state index contributed by atoms with van der Waals surface area (Å²) in [6.45, 7) is 0.913. The van der Waals surface area contributed by atoms with Crippen molar-refractivity contribution in [1.82, 2.24) is 49.7 Å². The molecule has 5 aromatic heterocycles. The van der Waals surface area contributed by atoms with Gasteiger partial charge in [-0.05, 0) is 37.1 Å². The summed E-state index contributed by atoms with van der Waals surface area (Å²) in [5.41, 5.74) is 5.82. The summed E-state index contributed by atoms with van der Waals surface area (Å²) in [5, 5.41) is 17.4. The highest BCUT2D eigenvalue weighted by Crippen LogP contribution is 2.48. The van der Waals surface area contributed by atoms with E-state index in [4.69, 9.17) is 85.3 Å². The monoisotopic (exact) mass is 1140 g/mol. The fourth-order valence-corrected chi connectivity index (χ4v) is 10.0. The van der Waals surface area contributed by atoms with Crippen molar-refractivity contribution in [1.29, 1.82) is 0 Å². The number of hydrogen-bond donors (Lipinski definition) is 2. The summed E-state index contributed by atoms with van der Waals surface area (Å²) in [5.74, 6) is 1.68. The first-order chi connectivity index (χ1) is 34.7. The quantitative estimate of drug-likeness (QED) is 0.117. The van der Waals surface area contributed by atoms with Crippen LogP contribution in [-0.2, 0) is 30.2 Å². The number of aryl methyl sites for hydroxylation is 2. The number of ether oxygens (including phenoxy) is 4. The third kappa shape index (κ3) is 12.4. The van der Waals surface area contributed by atoms with Crippen molar-refractivity contribution in [2.24, 2.45) is 24.1 Å². The summed E-state index contributed by atoms with van der Waals surface area (Å²) in [6, 6.07) is 10.9. The van der Waals surface area contributed by atoms with Crippen LogP contribution < -0.4 is 50.8 Å². The summed E-state index contributed by atoms with van der Waals surface area (Å²) in [7, 11) is 9.80. The second kappa shape index (κ2) is 25.1. The second-order valence-electron chi connectivity index (χ2n) is 17.1. The van der Waals surface area contributed by atoms with E-state index in [9.17, 15) is 9.59 Å². The van der Waals surface area contributed by atoms with E-state index in [0.717, 1.165) is 28.6 Å². The van der Waals surface area contributed by atoms with Crippen LogP contribution >= 0.6 is 73.4 Å². The van der Waals surface area contributed by atoms with Crippen LogP contribution in [0.25, 0.3) is 39.6 Å². The molecular weight excluding hydrogens is 1080 g/mol. The Hall–Kier alpha value is -6.23. The lowest BCUT2D eigenvalue weighted by molar-refractivity contribution is -0.120. The number of nitrogens with one attached hydrogen (secondary N) is 2. The van der Waals surface area contributed by atoms with Crippen molar-refractivity contribution < 1.29 is 28.5 Å². The molecular formula is C50H57Cl4N13O6S2. The number of fused-ring (bicyclic) bond motifs is 2. The van der Waals surface area contributed by atoms with Crippen LogP contribution in [0, 0.1) is 0 Å². The summed E-state index contributed by atoms with van der Waals surface area (Å²) >= 11 is 26.8. The van der Waals surface area contributed by atoms with Crippen molar-refractivity contribution in [2.45, 2.75) is 64.3 Å². The van der Waals surface area contributed by atoms with E-state index in [1.54, 1.807) is 40.1 Å².